The lowest BCUT2D eigenvalue weighted by Crippen LogP contribution is -2.44. The summed E-state index contributed by atoms with van der Waals surface area (Å²) in [5.74, 6) is -1.53. The first-order valence-electron chi connectivity index (χ1n) is 11.2. The highest BCUT2D eigenvalue weighted by atomic mass is 16.5. The summed E-state index contributed by atoms with van der Waals surface area (Å²) in [4.78, 5) is 55.2. The number of amides is 1. The fourth-order valence-electron chi connectivity index (χ4n) is 4.32. The predicted molar refractivity (Wildman–Crippen MR) is 122 cm³/mol. The number of nitrogens with zero attached hydrogens (tertiary/aromatic N) is 2. The van der Waals surface area contributed by atoms with Crippen LogP contribution in [-0.4, -0.2) is 59.5 Å². The van der Waals surface area contributed by atoms with Crippen molar-refractivity contribution in [1.29, 1.82) is 0 Å². The molecule has 0 N–H and O–H groups in total. The number of piperidine rings is 1. The number of rotatable bonds is 6. The Bertz CT molecular complexity index is 1120. The van der Waals surface area contributed by atoms with Crippen LogP contribution in [0.2, 0.25) is 0 Å². The van der Waals surface area contributed by atoms with E-state index in [4.69, 9.17) is 4.74 Å². The second-order valence-corrected chi connectivity index (χ2v) is 8.12. The quantitative estimate of drug-likeness (QED) is 0.632. The van der Waals surface area contributed by atoms with E-state index < -0.39 is 11.9 Å². The van der Waals surface area contributed by atoms with Gasteiger partial charge in [-0.25, -0.2) is 4.79 Å². The van der Waals surface area contributed by atoms with Gasteiger partial charge in [0.25, 0.3) is 0 Å². The van der Waals surface area contributed by atoms with Crippen LogP contribution in [0.15, 0.2) is 66.0 Å². The fraction of sp³-hybridized carbons (Fsp3) is 0.308. The monoisotopic (exact) mass is 446 g/mol. The number of Topliss-reactive ketones (excluding diaryl/α,β-unsaturated/α-hetero) is 2. The molecule has 1 heterocycles. The van der Waals surface area contributed by atoms with E-state index in [0.717, 1.165) is 19.3 Å². The Morgan fingerprint density at radius 1 is 0.879 bits per heavy atom. The largest absolute Gasteiger partial charge is 0.460 e. The average Bonchev–Trinajstić information content (AvgIpc) is 2.85. The van der Waals surface area contributed by atoms with Gasteiger partial charge in [0.15, 0.2) is 0 Å². The summed E-state index contributed by atoms with van der Waals surface area (Å²) in [6, 6.07) is 15.2. The van der Waals surface area contributed by atoms with Crippen LogP contribution in [0.3, 0.4) is 0 Å². The van der Waals surface area contributed by atoms with Gasteiger partial charge in [-0.15, -0.1) is 0 Å². The number of likely N-dealkylation sites (tertiary alicyclic amines) is 1. The van der Waals surface area contributed by atoms with Crippen LogP contribution >= 0.6 is 0 Å². The van der Waals surface area contributed by atoms with Gasteiger partial charge < -0.3 is 14.5 Å². The van der Waals surface area contributed by atoms with E-state index in [9.17, 15) is 19.2 Å². The molecule has 0 atom stereocenters. The Labute approximate surface area is 192 Å². The van der Waals surface area contributed by atoms with Crippen molar-refractivity contribution in [3.63, 3.8) is 0 Å². The van der Waals surface area contributed by atoms with Gasteiger partial charge in [0.1, 0.15) is 18.0 Å². The van der Waals surface area contributed by atoms with Gasteiger partial charge in [0, 0.05) is 31.1 Å². The Kier molecular flexibility index (Phi) is 6.68. The minimum Gasteiger partial charge on any atom is -0.460 e. The molecule has 0 bridgehead atoms. The van der Waals surface area contributed by atoms with Crippen LogP contribution < -0.4 is 0 Å². The van der Waals surface area contributed by atoms with Gasteiger partial charge in [0.2, 0.25) is 17.5 Å². The van der Waals surface area contributed by atoms with Crippen LogP contribution in [0.5, 0.6) is 0 Å². The third-order valence-electron chi connectivity index (χ3n) is 5.95. The van der Waals surface area contributed by atoms with Crippen LogP contribution in [-0.2, 0) is 9.53 Å². The van der Waals surface area contributed by atoms with Gasteiger partial charge in [-0.2, -0.15) is 0 Å². The fourth-order valence-corrected chi connectivity index (χ4v) is 4.32. The lowest BCUT2D eigenvalue weighted by Gasteiger charge is -2.36. The van der Waals surface area contributed by atoms with Gasteiger partial charge in [-0.05, 0) is 31.4 Å². The molecule has 2 aliphatic rings. The summed E-state index contributed by atoms with van der Waals surface area (Å²) >= 11 is 0. The number of hydrogen-bond donors (Lipinski definition) is 0. The Hall–Kier alpha value is -3.74. The number of esters is 1. The van der Waals surface area contributed by atoms with Gasteiger partial charge in [-0.3, -0.25) is 14.4 Å². The molecule has 0 unspecified atom stereocenters. The molecule has 2 aromatic rings. The SMILES string of the molecule is CC(=O)N(CCOC(=O)c1ccccc1)C1=C(N2CCCCC2)C(=O)c2ccccc2C1=O. The molecule has 0 radical (unpaired) electrons. The maximum absolute atomic E-state index is 13.5. The zero-order valence-electron chi connectivity index (χ0n) is 18.6. The Morgan fingerprint density at radius 3 is 2.12 bits per heavy atom. The normalized spacial score (nSPS) is 15.8. The maximum Gasteiger partial charge on any atom is 0.338 e. The number of carbonyl (C=O) groups is 4. The van der Waals surface area contributed by atoms with E-state index in [1.807, 2.05) is 4.90 Å². The van der Waals surface area contributed by atoms with E-state index in [2.05, 4.69) is 0 Å². The lowest BCUT2D eigenvalue weighted by molar-refractivity contribution is -0.127. The molecule has 4 rings (SSSR count). The molecule has 33 heavy (non-hydrogen) atoms. The topological polar surface area (TPSA) is 84.0 Å². The minimum atomic E-state index is -0.513. The average molecular weight is 447 g/mol. The molecule has 1 amide bonds. The van der Waals surface area contributed by atoms with Crippen LogP contribution in [0, 0.1) is 0 Å². The van der Waals surface area contributed by atoms with Crippen molar-refractivity contribution < 1.29 is 23.9 Å². The highest BCUT2D eigenvalue weighted by molar-refractivity contribution is 6.27. The highest BCUT2D eigenvalue weighted by Crippen LogP contribution is 2.32. The predicted octanol–water partition coefficient (Wildman–Crippen LogP) is 3.47. The molecule has 170 valence electrons. The summed E-state index contributed by atoms with van der Waals surface area (Å²) < 4.78 is 5.35. The number of carbonyl (C=O) groups excluding carboxylic acids is 4. The number of ketones is 2. The third-order valence-corrected chi connectivity index (χ3v) is 5.95. The summed E-state index contributed by atoms with van der Waals surface area (Å²) in [5.41, 5.74) is 1.38. The first-order chi connectivity index (χ1) is 16.0. The molecule has 1 fully saturated rings. The standard InChI is InChI=1S/C26H26N2O5/c1-18(29)28(16-17-33-26(32)19-10-4-2-5-11-19)23-22(27-14-8-3-9-15-27)24(30)20-12-6-7-13-21(20)25(23)31/h2,4-7,10-13H,3,8-9,14-17H2,1H3. The smallest absolute Gasteiger partial charge is 0.338 e. The van der Waals surface area contributed by atoms with Crippen molar-refractivity contribution in [2.75, 3.05) is 26.2 Å². The first kappa shape index (κ1) is 22.5. The van der Waals surface area contributed by atoms with Crippen molar-refractivity contribution >= 4 is 23.4 Å². The Balaban J connectivity index is 1.65. The zero-order chi connectivity index (χ0) is 23.4. The molecular weight excluding hydrogens is 420 g/mol. The zero-order valence-corrected chi connectivity index (χ0v) is 18.6. The van der Waals surface area contributed by atoms with Gasteiger partial charge >= 0.3 is 5.97 Å². The van der Waals surface area contributed by atoms with Crippen molar-refractivity contribution in [1.82, 2.24) is 9.80 Å². The molecule has 1 saturated heterocycles. The van der Waals surface area contributed by atoms with E-state index in [1.165, 1.54) is 11.8 Å². The van der Waals surface area contributed by atoms with E-state index in [0.29, 0.717) is 24.2 Å². The molecule has 2 aromatic carbocycles. The van der Waals surface area contributed by atoms with E-state index >= 15 is 0 Å². The second-order valence-electron chi connectivity index (χ2n) is 8.12. The number of allylic oxidation sites excluding steroid dienone is 2. The van der Waals surface area contributed by atoms with E-state index in [1.54, 1.807) is 54.6 Å². The second kappa shape index (κ2) is 9.81. The van der Waals surface area contributed by atoms with Crippen LogP contribution in [0.1, 0.15) is 57.3 Å². The number of ether oxygens (including phenoxy) is 1. The first-order valence-corrected chi connectivity index (χ1v) is 11.2. The maximum atomic E-state index is 13.5. The number of hydrogen-bond acceptors (Lipinski definition) is 6. The van der Waals surface area contributed by atoms with Crippen LogP contribution in [0.4, 0.5) is 0 Å². The van der Waals surface area contributed by atoms with Gasteiger partial charge in [-0.1, -0.05) is 42.5 Å². The van der Waals surface area contributed by atoms with Crippen molar-refractivity contribution in [2.45, 2.75) is 26.2 Å². The summed E-state index contributed by atoms with van der Waals surface area (Å²) in [7, 11) is 0. The molecular formula is C26H26N2O5. The van der Waals surface area contributed by atoms with Crippen molar-refractivity contribution in [3.8, 4) is 0 Å². The number of benzene rings is 2. The van der Waals surface area contributed by atoms with Crippen molar-refractivity contribution in [2.24, 2.45) is 0 Å². The molecule has 1 aliphatic heterocycles. The molecule has 0 saturated carbocycles. The van der Waals surface area contributed by atoms with Crippen LogP contribution in [0.25, 0.3) is 0 Å². The molecule has 0 spiro atoms. The summed E-state index contributed by atoms with van der Waals surface area (Å²) in [5, 5.41) is 0. The highest BCUT2D eigenvalue weighted by Gasteiger charge is 2.39. The molecule has 7 heteroatoms. The molecule has 7 nitrogen and oxygen atoms in total. The minimum absolute atomic E-state index is 0.0260. The van der Waals surface area contributed by atoms with E-state index in [-0.39, 0.29) is 41.7 Å². The summed E-state index contributed by atoms with van der Waals surface area (Å²) in [6.45, 7) is 2.51. The molecule has 1 aliphatic carbocycles. The molecule has 0 aromatic heterocycles. The lowest BCUT2D eigenvalue weighted by atomic mass is 9.88. The van der Waals surface area contributed by atoms with Gasteiger partial charge in [0.05, 0.1) is 12.1 Å². The number of fused-ring (bicyclic) bond motifs is 1. The third kappa shape index (κ3) is 4.58. The Morgan fingerprint density at radius 2 is 1.48 bits per heavy atom. The summed E-state index contributed by atoms with van der Waals surface area (Å²) in [6.07, 6.45) is 2.88. The van der Waals surface area contributed by atoms with Crippen molar-refractivity contribution in [3.05, 3.63) is 82.7 Å².